The third-order valence-electron chi connectivity index (χ3n) is 2.10. The summed E-state index contributed by atoms with van der Waals surface area (Å²) in [6.45, 7) is 1.89. The largest absolute Gasteiger partial charge is 0.427 e. The summed E-state index contributed by atoms with van der Waals surface area (Å²) < 4.78 is 37.1. The SMILES string of the molecule is CC(Nc1ncc(C(F)(F)F)s1)c1cccs1. The number of alkyl halides is 3. The second-order valence-electron chi connectivity index (χ2n) is 3.41. The lowest BCUT2D eigenvalue weighted by Gasteiger charge is -2.10. The Labute approximate surface area is 104 Å². The second-order valence-corrected chi connectivity index (χ2v) is 5.42. The lowest BCUT2D eigenvalue weighted by Crippen LogP contribution is -2.04. The van der Waals surface area contributed by atoms with Crippen molar-refractivity contribution in [2.24, 2.45) is 0 Å². The van der Waals surface area contributed by atoms with E-state index in [0.29, 0.717) is 16.5 Å². The summed E-state index contributed by atoms with van der Waals surface area (Å²) in [5.41, 5.74) is 0. The third-order valence-corrected chi connectivity index (χ3v) is 4.12. The minimum absolute atomic E-state index is 0.0396. The van der Waals surface area contributed by atoms with Crippen LogP contribution >= 0.6 is 22.7 Å². The summed E-state index contributed by atoms with van der Waals surface area (Å²) in [6.07, 6.45) is -3.46. The molecule has 0 aromatic carbocycles. The molecular weight excluding hydrogens is 269 g/mol. The van der Waals surface area contributed by atoms with Gasteiger partial charge in [0.2, 0.25) is 0 Å². The van der Waals surface area contributed by atoms with Crippen LogP contribution in [0.25, 0.3) is 0 Å². The van der Waals surface area contributed by atoms with Gasteiger partial charge < -0.3 is 5.32 Å². The average molecular weight is 278 g/mol. The topological polar surface area (TPSA) is 24.9 Å². The number of thiophene rings is 1. The maximum absolute atomic E-state index is 12.4. The van der Waals surface area contributed by atoms with Gasteiger partial charge in [0.05, 0.1) is 12.2 Å². The van der Waals surface area contributed by atoms with Crippen molar-refractivity contribution >= 4 is 27.8 Å². The molecule has 0 bridgehead atoms. The van der Waals surface area contributed by atoms with Crippen LogP contribution < -0.4 is 5.32 Å². The Kier molecular flexibility index (Phi) is 3.39. The summed E-state index contributed by atoms with van der Waals surface area (Å²) in [5.74, 6) is 0. The molecular formula is C10H9F3N2S2. The number of nitrogens with zero attached hydrogens (tertiary/aromatic N) is 1. The molecule has 0 saturated heterocycles. The predicted octanol–water partition coefficient (Wildman–Crippen LogP) is 4.40. The zero-order valence-electron chi connectivity index (χ0n) is 8.78. The van der Waals surface area contributed by atoms with Crippen LogP contribution in [0.3, 0.4) is 0 Å². The van der Waals surface area contributed by atoms with Gasteiger partial charge in [0.25, 0.3) is 0 Å². The zero-order chi connectivity index (χ0) is 12.5. The van der Waals surface area contributed by atoms with E-state index in [1.165, 1.54) is 0 Å². The van der Waals surface area contributed by atoms with Gasteiger partial charge in [-0.25, -0.2) is 4.98 Å². The highest BCUT2D eigenvalue weighted by atomic mass is 32.1. The molecule has 0 aliphatic carbocycles. The zero-order valence-corrected chi connectivity index (χ0v) is 10.4. The molecule has 0 saturated carbocycles. The van der Waals surface area contributed by atoms with E-state index in [1.54, 1.807) is 11.3 Å². The molecule has 1 atom stereocenters. The first-order valence-corrected chi connectivity index (χ1v) is 6.49. The lowest BCUT2D eigenvalue weighted by molar-refractivity contribution is -0.134. The fraction of sp³-hybridized carbons (Fsp3) is 0.300. The van der Waals surface area contributed by atoms with Crippen LogP contribution in [-0.2, 0) is 6.18 Å². The number of hydrogen-bond donors (Lipinski definition) is 1. The Morgan fingerprint density at radius 3 is 2.71 bits per heavy atom. The van der Waals surface area contributed by atoms with E-state index in [1.807, 2.05) is 24.4 Å². The Morgan fingerprint density at radius 2 is 2.18 bits per heavy atom. The van der Waals surface area contributed by atoms with Crippen molar-refractivity contribution in [3.8, 4) is 0 Å². The molecule has 0 radical (unpaired) electrons. The number of halogens is 3. The molecule has 2 rings (SSSR count). The molecule has 0 amide bonds. The Hall–Kier alpha value is -1.08. The molecule has 92 valence electrons. The van der Waals surface area contributed by atoms with Crippen LogP contribution in [0, 0.1) is 0 Å². The van der Waals surface area contributed by atoms with Crippen molar-refractivity contribution in [2.45, 2.75) is 19.1 Å². The molecule has 0 aliphatic rings. The highest BCUT2D eigenvalue weighted by Gasteiger charge is 2.33. The Morgan fingerprint density at radius 1 is 1.41 bits per heavy atom. The third kappa shape index (κ3) is 2.98. The minimum atomic E-state index is -4.32. The number of aromatic nitrogens is 1. The van der Waals surface area contributed by atoms with Gasteiger partial charge in [-0.05, 0) is 18.4 Å². The number of rotatable bonds is 3. The van der Waals surface area contributed by atoms with E-state index in [0.717, 1.165) is 11.1 Å². The first kappa shape index (κ1) is 12.4. The lowest BCUT2D eigenvalue weighted by atomic mass is 10.3. The smallest absolute Gasteiger partial charge is 0.354 e. The fourth-order valence-corrected chi connectivity index (χ4v) is 2.77. The normalized spacial score (nSPS) is 13.6. The van der Waals surface area contributed by atoms with E-state index >= 15 is 0 Å². The van der Waals surface area contributed by atoms with Crippen LogP contribution in [0.5, 0.6) is 0 Å². The van der Waals surface area contributed by atoms with Gasteiger partial charge in [-0.3, -0.25) is 0 Å². The van der Waals surface area contributed by atoms with Crippen LogP contribution in [0.2, 0.25) is 0 Å². The van der Waals surface area contributed by atoms with Gasteiger partial charge in [-0.1, -0.05) is 17.4 Å². The highest BCUT2D eigenvalue weighted by molar-refractivity contribution is 7.15. The van der Waals surface area contributed by atoms with Crippen LogP contribution in [0.1, 0.15) is 22.7 Å². The summed E-state index contributed by atoms with van der Waals surface area (Å²) in [5, 5.41) is 5.17. The maximum atomic E-state index is 12.4. The van der Waals surface area contributed by atoms with E-state index in [-0.39, 0.29) is 6.04 Å². The molecule has 0 aliphatic heterocycles. The molecule has 1 N–H and O–H groups in total. The van der Waals surface area contributed by atoms with Crippen molar-refractivity contribution in [1.82, 2.24) is 4.98 Å². The van der Waals surface area contributed by atoms with Crippen LogP contribution in [0.15, 0.2) is 23.7 Å². The number of hydrogen-bond acceptors (Lipinski definition) is 4. The van der Waals surface area contributed by atoms with Gasteiger partial charge in [-0.15, -0.1) is 11.3 Å². The van der Waals surface area contributed by atoms with Crippen molar-refractivity contribution in [3.05, 3.63) is 33.5 Å². The fourth-order valence-electron chi connectivity index (χ4n) is 1.27. The van der Waals surface area contributed by atoms with Crippen molar-refractivity contribution in [3.63, 3.8) is 0 Å². The molecule has 17 heavy (non-hydrogen) atoms. The quantitative estimate of drug-likeness (QED) is 0.900. The molecule has 0 fully saturated rings. The minimum Gasteiger partial charge on any atom is -0.354 e. The molecule has 0 spiro atoms. The number of nitrogens with one attached hydrogen (secondary N) is 1. The van der Waals surface area contributed by atoms with E-state index < -0.39 is 11.1 Å². The first-order chi connectivity index (χ1) is 7.97. The van der Waals surface area contributed by atoms with Gasteiger partial charge in [0.15, 0.2) is 5.13 Å². The van der Waals surface area contributed by atoms with Crippen molar-refractivity contribution < 1.29 is 13.2 Å². The molecule has 2 aromatic rings. The van der Waals surface area contributed by atoms with Crippen molar-refractivity contribution in [2.75, 3.05) is 5.32 Å². The van der Waals surface area contributed by atoms with E-state index in [9.17, 15) is 13.2 Å². The monoisotopic (exact) mass is 278 g/mol. The van der Waals surface area contributed by atoms with Crippen LogP contribution in [0.4, 0.5) is 18.3 Å². The average Bonchev–Trinajstić information content (AvgIpc) is 2.85. The molecule has 1 unspecified atom stereocenters. The van der Waals surface area contributed by atoms with Crippen molar-refractivity contribution in [1.29, 1.82) is 0 Å². The molecule has 2 heterocycles. The van der Waals surface area contributed by atoms with Gasteiger partial charge in [-0.2, -0.15) is 13.2 Å². The van der Waals surface area contributed by atoms with Crippen LogP contribution in [-0.4, -0.2) is 4.98 Å². The first-order valence-electron chi connectivity index (χ1n) is 4.80. The summed E-state index contributed by atoms with van der Waals surface area (Å²) in [6, 6.07) is 3.80. The summed E-state index contributed by atoms with van der Waals surface area (Å²) >= 11 is 2.18. The standard InChI is InChI=1S/C10H9F3N2S2/c1-6(7-3-2-4-16-7)15-9-14-5-8(17-9)10(11,12)13/h2-6H,1H3,(H,14,15). The number of anilines is 1. The summed E-state index contributed by atoms with van der Waals surface area (Å²) in [7, 11) is 0. The molecule has 7 heteroatoms. The predicted molar refractivity (Wildman–Crippen MR) is 63.5 cm³/mol. The Balaban J connectivity index is 2.07. The van der Waals surface area contributed by atoms with Gasteiger partial charge in [0, 0.05) is 4.88 Å². The molecule has 2 aromatic heterocycles. The van der Waals surface area contributed by atoms with E-state index in [4.69, 9.17) is 0 Å². The van der Waals surface area contributed by atoms with Gasteiger partial charge >= 0.3 is 6.18 Å². The maximum Gasteiger partial charge on any atom is 0.427 e. The highest BCUT2D eigenvalue weighted by Crippen LogP contribution is 2.36. The molecule has 2 nitrogen and oxygen atoms in total. The summed E-state index contributed by atoms with van der Waals surface area (Å²) in [4.78, 5) is 4.11. The van der Waals surface area contributed by atoms with Gasteiger partial charge in [0.1, 0.15) is 4.88 Å². The van der Waals surface area contributed by atoms with E-state index in [2.05, 4.69) is 10.3 Å². The number of thiazole rings is 1. The second kappa shape index (κ2) is 4.66. The Bertz CT molecular complexity index is 476.